The first kappa shape index (κ1) is 22.9. The maximum Gasteiger partial charge on any atom is 0.353 e. The van der Waals surface area contributed by atoms with Crippen LogP contribution in [-0.4, -0.2) is 55.1 Å². The molecule has 3 atom stereocenters. The number of anilines is 2. The molecule has 2 aliphatic heterocycles. The second kappa shape index (κ2) is 8.92. The van der Waals surface area contributed by atoms with Crippen LogP contribution in [-0.2, 0) is 14.4 Å². The van der Waals surface area contributed by atoms with Gasteiger partial charge in [0.15, 0.2) is 5.13 Å². The highest BCUT2D eigenvalue weighted by molar-refractivity contribution is 8.03. The number of aliphatic carboxylic acids is 1. The molecule has 2 aliphatic rings. The van der Waals surface area contributed by atoms with Crippen molar-refractivity contribution in [3.63, 3.8) is 0 Å². The van der Waals surface area contributed by atoms with Gasteiger partial charge in [0.2, 0.25) is 6.04 Å². The molecule has 16 heteroatoms. The van der Waals surface area contributed by atoms with Crippen LogP contribution in [0.25, 0.3) is 0 Å². The van der Waals surface area contributed by atoms with E-state index in [0.717, 1.165) is 28.0 Å². The lowest BCUT2D eigenvalue weighted by Crippen LogP contribution is -2.71. The molecule has 1 fully saturated rings. The molecule has 4 heterocycles. The average Bonchev–Trinajstić information content (AvgIpc) is 3.11. The number of carbonyl (C=O) groups excluding carboxylic acids is 2. The third-order valence-corrected chi connectivity index (χ3v) is 7.20. The van der Waals surface area contributed by atoms with Crippen LogP contribution in [0, 0.1) is 4.91 Å². The Kier molecular flexibility index (Phi) is 6.18. The third kappa shape index (κ3) is 4.21. The molecule has 0 aromatic carbocycles. The van der Waals surface area contributed by atoms with Gasteiger partial charge in [0, 0.05) is 4.91 Å². The number of allylic oxidation sites excluding steroid dienone is 1. The number of halogens is 1. The number of aromatic nitrogens is 3. The van der Waals surface area contributed by atoms with Crippen molar-refractivity contribution in [2.45, 2.75) is 36.0 Å². The van der Waals surface area contributed by atoms with Crippen LogP contribution >= 0.6 is 34.7 Å². The molecule has 1 saturated heterocycles. The maximum absolute atomic E-state index is 12.8. The van der Waals surface area contributed by atoms with Crippen LogP contribution in [0.2, 0.25) is 4.34 Å². The van der Waals surface area contributed by atoms with Gasteiger partial charge in [-0.15, -0.1) is 15.1 Å². The summed E-state index contributed by atoms with van der Waals surface area (Å²) in [7, 11) is 0. The fourth-order valence-electron chi connectivity index (χ4n) is 3.59. The number of nitrogens with one attached hydrogen (secondary N) is 1. The Morgan fingerprint density at radius 1 is 1.36 bits per heavy atom. The van der Waals surface area contributed by atoms with E-state index in [9.17, 15) is 24.4 Å². The summed E-state index contributed by atoms with van der Waals surface area (Å²) in [4.78, 5) is 54.1. The van der Waals surface area contributed by atoms with E-state index in [0.29, 0.717) is 22.8 Å². The van der Waals surface area contributed by atoms with Gasteiger partial charge in [-0.25, -0.2) is 9.78 Å². The van der Waals surface area contributed by atoms with E-state index in [2.05, 4.69) is 25.7 Å². The number of thiazole rings is 1. The number of rotatable bonds is 7. The molecular formula is C17H15ClN8O5S2. The van der Waals surface area contributed by atoms with E-state index >= 15 is 0 Å². The molecule has 4 rings (SSSR count). The largest absolute Gasteiger partial charge is 0.477 e. The van der Waals surface area contributed by atoms with Crippen LogP contribution in [0.1, 0.15) is 24.6 Å². The van der Waals surface area contributed by atoms with E-state index in [4.69, 9.17) is 23.1 Å². The number of amides is 2. The molecular weight excluding hydrogens is 496 g/mol. The smallest absolute Gasteiger partial charge is 0.353 e. The summed E-state index contributed by atoms with van der Waals surface area (Å²) in [6.45, 7) is 0. The number of carboxylic acid groups (broad SMARTS) is 1. The number of nitrogens with zero attached hydrogens (tertiary/aromatic N) is 5. The topological polar surface area (TPSA) is 207 Å². The minimum Gasteiger partial charge on any atom is -0.477 e. The lowest BCUT2D eigenvalue weighted by atomic mass is 9.86. The van der Waals surface area contributed by atoms with Gasteiger partial charge in [0.1, 0.15) is 32.6 Å². The Bertz CT molecular complexity index is 1190. The Morgan fingerprint density at radius 2 is 2.12 bits per heavy atom. The van der Waals surface area contributed by atoms with Crippen molar-refractivity contribution in [2.24, 2.45) is 5.18 Å². The summed E-state index contributed by atoms with van der Waals surface area (Å²) in [5.74, 6) is -2.58. The van der Waals surface area contributed by atoms with Crippen molar-refractivity contribution in [3.8, 4) is 0 Å². The summed E-state index contributed by atoms with van der Waals surface area (Å²) in [6, 6.07) is -0.0927. The highest BCUT2D eigenvalue weighted by Crippen LogP contribution is 2.43. The second-order valence-electron chi connectivity index (χ2n) is 6.99. The number of carbonyl (C=O) groups is 3. The summed E-state index contributed by atoms with van der Waals surface area (Å²) >= 11 is 7.92. The minimum atomic E-state index is -1.60. The van der Waals surface area contributed by atoms with Crippen molar-refractivity contribution in [1.29, 1.82) is 0 Å². The van der Waals surface area contributed by atoms with Crippen LogP contribution in [0.5, 0.6) is 0 Å². The average molecular weight is 511 g/mol. The summed E-state index contributed by atoms with van der Waals surface area (Å²) in [6.07, 6.45) is 0.699. The molecule has 6 N–H and O–H groups in total. The molecule has 0 saturated carbocycles. The lowest BCUT2D eigenvalue weighted by Gasteiger charge is -2.50. The number of hydrogen-bond donors (Lipinski definition) is 4. The minimum absolute atomic E-state index is 0.0370. The fourth-order valence-corrected chi connectivity index (χ4v) is 5.54. The Morgan fingerprint density at radius 3 is 2.70 bits per heavy atom. The number of thioether (sulfide) groups is 1. The molecule has 0 radical (unpaired) electrons. The fraction of sp³-hybridized carbons (Fsp3) is 0.294. The van der Waals surface area contributed by atoms with Crippen molar-refractivity contribution in [2.75, 3.05) is 11.5 Å². The van der Waals surface area contributed by atoms with Gasteiger partial charge in [0.05, 0.1) is 6.04 Å². The number of carboxylic acids is 1. The van der Waals surface area contributed by atoms with Gasteiger partial charge in [-0.2, -0.15) is 0 Å². The van der Waals surface area contributed by atoms with E-state index in [1.807, 2.05) is 0 Å². The highest BCUT2D eigenvalue weighted by atomic mass is 35.5. The number of nitrogen functional groups attached to an aromatic ring is 2. The summed E-state index contributed by atoms with van der Waals surface area (Å²) in [5, 5.41) is 23.1. The van der Waals surface area contributed by atoms with Crippen molar-refractivity contribution < 1.29 is 19.5 Å². The summed E-state index contributed by atoms with van der Waals surface area (Å²) in [5.41, 5.74) is 10.8. The number of nitrogens with two attached hydrogens (primary N) is 2. The molecule has 0 spiro atoms. The standard InChI is InChI=1S/C17H15ClN8O5S2/c18-13-10(22-17(20)33-13)11(25-31)14(27)21-9-5-1-2-6(12(16(29)30)26(5)15(9)28)32-8-4-3-7(19)23-24-8/h3-5,9,11H,1-2H2,(H2,19,23)(H2,20,22)(H,21,27)(H,29,30)/t5?,9-,11?/m0/s1. The molecule has 2 unspecified atom stereocenters. The first-order valence-corrected chi connectivity index (χ1v) is 11.3. The SMILES string of the molecule is Nc1ccc(SC2=C(C(=O)O)N3C(=O)[C@@H](NC(=O)C(N=O)c4nc(N)sc4Cl)C3CC2)nn1. The van der Waals surface area contributed by atoms with Gasteiger partial charge in [-0.05, 0) is 30.2 Å². The van der Waals surface area contributed by atoms with Crippen LogP contribution in [0.4, 0.5) is 10.9 Å². The molecule has 13 nitrogen and oxygen atoms in total. The zero-order chi connectivity index (χ0) is 23.9. The third-order valence-electron chi connectivity index (χ3n) is 5.02. The molecule has 33 heavy (non-hydrogen) atoms. The van der Waals surface area contributed by atoms with Gasteiger partial charge < -0.3 is 21.9 Å². The van der Waals surface area contributed by atoms with Gasteiger partial charge in [0.25, 0.3) is 11.8 Å². The van der Waals surface area contributed by atoms with Crippen LogP contribution in [0.3, 0.4) is 0 Å². The molecule has 2 aromatic heterocycles. The summed E-state index contributed by atoms with van der Waals surface area (Å²) < 4.78 is 0.0370. The van der Waals surface area contributed by atoms with Crippen molar-refractivity contribution in [1.82, 2.24) is 25.4 Å². The Hall–Kier alpha value is -3.30. The number of fused-ring (bicyclic) bond motifs is 1. The maximum atomic E-state index is 12.8. The number of β-lactam (4-membered cyclic amide) rings is 1. The van der Waals surface area contributed by atoms with E-state index in [-0.39, 0.29) is 26.7 Å². The number of hydrogen-bond acceptors (Lipinski definition) is 12. The predicted molar refractivity (Wildman–Crippen MR) is 119 cm³/mol. The van der Waals surface area contributed by atoms with Gasteiger partial charge in [-0.3, -0.25) is 14.5 Å². The molecule has 0 bridgehead atoms. The lowest BCUT2D eigenvalue weighted by molar-refractivity contribution is -0.156. The van der Waals surface area contributed by atoms with Gasteiger partial charge in [-0.1, -0.05) is 34.7 Å². The van der Waals surface area contributed by atoms with Crippen LogP contribution in [0.15, 0.2) is 32.9 Å². The first-order chi connectivity index (χ1) is 15.7. The normalized spacial score (nSPS) is 20.6. The predicted octanol–water partition coefficient (Wildman–Crippen LogP) is 1.14. The van der Waals surface area contributed by atoms with Crippen LogP contribution < -0.4 is 16.8 Å². The van der Waals surface area contributed by atoms with Crippen molar-refractivity contribution in [3.05, 3.63) is 37.7 Å². The second-order valence-corrected chi connectivity index (χ2v) is 9.74. The van der Waals surface area contributed by atoms with Gasteiger partial charge >= 0.3 is 5.97 Å². The quantitative estimate of drug-likeness (QED) is 0.306. The Balaban J connectivity index is 1.52. The molecule has 2 amide bonds. The molecule has 2 aromatic rings. The molecule has 172 valence electrons. The zero-order valence-electron chi connectivity index (χ0n) is 16.5. The number of nitroso groups, excluding NO2 is 1. The van der Waals surface area contributed by atoms with E-state index < -0.39 is 35.9 Å². The van der Waals surface area contributed by atoms with E-state index in [1.54, 1.807) is 6.07 Å². The van der Waals surface area contributed by atoms with Crippen molar-refractivity contribution >= 4 is 63.4 Å². The Labute approximate surface area is 198 Å². The van der Waals surface area contributed by atoms with E-state index in [1.165, 1.54) is 6.07 Å². The zero-order valence-corrected chi connectivity index (χ0v) is 18.9. The molecule has 0 aliphatic carbocycles. The highest BCUT2D eigenvalue weighted by Gasteiger charge is 2.54. The monoisotopic (exact) mass is 510 g/mol. The first-order valence-electron chi connectivity index (χ1n) is 9.32.